The van der Waals surface area contributed by atoms with E-state index in [1.54, 1.807) is 0 Å². The van der Waals surface area contributed by atoms with Gasteiger partial charge in [0.05, 0.1) is 11.4 Å². The van der Waals surface area contributed by atoms with Gasteiger partial charge in [-0.2, -0.15) is 0 Å². The molecular weight excluding hydrogens is 597 g/mol. The fraction of sp³-hybridized carbons (Fsp3) is 0. The van der Waals surface area contributed by atoms with Crippen LogP contribution in [0.15, 0.2) is 174 Å². The third kappa shape index (κ3) is 4.37. The van der Waals surface area contributed by atoms with Crippen molar-refractivity contribution in [3.05, 3.63) is 170 Å². The molecule has 0 radical (unpaired) electrons. The third-order valence-electron chi connectivity index (χ3n) is 9.67. The predicted octanol–water partition coefficient (Wildman–Crippen LogP) is 12.5. The maximum absolute atomic E-state index is 6.32. The third-order valence-corrected chi connectivity index (χ3v) is 9.67. The van der Waals surface area contributed by atoms with Gasteiger partial charge in [0.15, 0.2) is 5.82 Å². The van der Waals surface area contributed by atoms with Crippen LogP contribution in [0.3, 0.4) is 0 Å². The Balaban J connectivity index is 1.38. The molecule has 0 amide bonds. The Morgan fingerprint density at radius 2 is 0.980 bits per heavy atom. The van der Waals surface area contributed by atoms with Gasteiger partial charge in [-0.1, -0.05) is 152 Å². The molecule has 2 aromatic heterocycles. The van der Waals surface area contributed by atoms with Crippen molar-refractivity contribution in [2.45, 2.75) is 0 Å². The van der Waals surface area contributed by atoms with Gasteiger partial charge in [-0.05, 0) is 56.3 Å². The maximum Gasteiger partial charge on any atom is 0.160 e. The van der Waals surface area contributed by atoms with Gasteiger partial charge < -0.3 is 4.42 Å². The van der Waals surface area contributed by atoms with E-state index in [4.69, 9.17) is 14.4 Å². The number of para-hydroxylation sites is 1. The van der Waals surface area contributed by atoms with E-state index in [2.05, 4.69) is 133 Å². The minimum atomic E-state index is 0.683. The Kier molecular flexibility index (Phi) is 6.18. The number of rotatable bonds is 4. The van der Waals surface area contributed by atoms with E-state index in [1.807, 2.05) is 36.4 Å². The summed E-state index contributed by atoms with van der Waals surface area (Å²) in [7, 11) is 0. The average molecular weight is 625 g/mol. The summed E-state index contributed by atoms with van der Waals surface area (Å²) in [6.45, 7) is 0. The van der Waals surface area contributed by atoms with Crippen molar-refractivity contribution in [3.8, 4) is 45.0 Å². The van der Waals surface area contributed by atoms with Gasteiger partial charge in [-0.15, -0.1) is 0 Å². The molecule has 10 aromatic rings. The van der Waals surface area contributed by atoms with Gasteiger partial charge in [-0.3, -0.25) is 0 Å². The lowest BCUT2D eigenvalue weighted by Crippen LogP contribution is -1.98. The lowest BCUT2D eigenvalue weighted by Gasteiger charge is -2.19. The molecule has 3 heteroatoms. The first-order chi connectivity index (χ1) is 24.3. The van der Waals surface area contributed by atoms with Crippen molar-refractivity contribution in [3.63, 3.8) is 0 Å². The SMILES string of the molecule is c1ccc(-c2nc(-c3cccc4oc5ccccc5c34)cc(-c3c4ccccc4c(-c4ccccc4)c4ccc5ccccc5c34)n2)cc1. The number of nitrogens with zero attached hydrogens (tertiary/aromatic N) is 2. The molecule has 0 N–H and O–H groups in total. The molecular formula is C46H28N2O. The van der Waals surface area contributed by atoms with Crippen molar-refractivity contribution in [1.82, 2.24) is 9.97 Å². The summed E-state index contributed by atoms with van der Waals surface area (Å²) >= 11 is 0. The first-order valence-electron chi connectivity index (χ1n) is 16.6. The number of aromatic nitrogens is 2. The van der Waals surface area contributed by atoms with E-state index in [9.17, 15) is 0 Å². The average Bonchev–Trinajstić information content (AvgIpc) is 3.56. The summed E-state index contributed by atoms with van der Waals surface area (Å²) in [4.78, 5) is 10.7. The van der Waals surface area contributed by atoms with Crippen LogP contribution in [0, 0.1) is 0 Å². The van der Waals surface area contributed by atoms with Crippen molar-refractivity contribution >= 4 is 54.3 Å². The normalized spacial score (nSPS) is 11.7. The van der Waals surface area contributed by atoms with Crippen molar-refractivity contribution in [2.75, 3.05) is 0 Å². The second-order valence-electron chi connectivity index (χ2n) is 12.5. The molecule has 0 saturated carbocycles. The zero-order valence-electron chi connectivity index (χ0n) is 26.5. The van der Waals surface area contributed by atoms with Gasteiger partial charge in [0.1, 0.15) is 11.2 Å². The maximum atomic E-state index is 6.32. The van der Waals surface area contributed by atoms with Crippen LogP contribution in [-0.2, 0) is 0 Å². The smallest absolute Gasteiger partial charge is 0.160 e. The van der Waals surface area contributed by atoms with E-state index in [0.29, 0.717) is 5.82 Å². The number of hydrogen-bond donors (Lipinski definition) is 0. The van der Waals surface area contributed by atoms with E-state index >= 15 is 0 Å². The van der Waals surface area contributed by atoms with Gasteiger partial charge in [0.2, 0.25) is 0 Å². The Bertz CT molecular complexity index is 2870. The summed E-state index contributed by atoms with van der Waals surface area (Å²) in [5.74, 6) is 0.683. The topological polar surface area (TPSA) is 38.9 Å². The number of benzene rings is 8. The Morgan fingerprint density at radius 1 is 0.367 bits per heavy atom. The van der Waals surface area contributed by atoms with Crippen LogP contribution in [-0.4, -0.2) is 9.97 Å². The number of hydrogen-bond acceptors (Lipinski definition) is 3. The summed E-state index contributed by atoms with van der Waals surface area (Å²) in [5, 5.41) is 9.25. The number of fused-ring (bicyclic) bond motifs is 7. The van der Waals surface area contributed by atoms with Gasteiger partial charge >= 0.3 is 0 Å². The molecule has 0 unspecified atom stereocenters. The zero-order valence-corrected chi connectivity index (χ0v) is 26.5. The van der Waals surface area contributed by atoms with Crippen molar-refractivity contribution in [1.29, 1.82) is 0 Å². The van der Waals surface area contributed by atoms with Crippen LogP contribution in [0.1, 0.15) is 0 Å². The molecule has 0 spiro atoms. The fourth-order valence-electron chi connectivity index (χ4n) is 7.55. The van der Waals surface area contributed by atoms with Crippen LogP contribution in [0.4, 0.5) is 0 Å². The molecule has 0 fully saturated rings. The lowest BCUT2D eigenvalue weighted by atomic mass is 9.85. The summed E-state index contributed by atoms with van der Waals surface area (Å²) in [6, 6.07) is 59.6. The highest BCUT2D eigenvalue weighted by Gasteiger charge is 2.22. The van der Waals surface area contributed by atoms with E-state index in [1.165, 1.54) is 38.1 Å². The Labute approximate surface area is 282 Å². The highest BCUT2D eigenvalue weighted by atomic mass is 16.3. The summed E-state index contributed by atoms with van der Waals surface area (Å²) in [6.07, 6.45) is 0. The zero-order chi connectivity index (χ0) is 32.3. The lowest BCUT2D eigenvalue weighted by molar-refractivity contribution is 0.669. The van der Waals surface area contributed by atoms with Crippen LogP contribution >= 0.6 is 0 Å². The monoisotopic (exact) mass is 624 g/mol. The van der Waals surface area contributed by atoms with Crippen LogP contribution in [0.25, 0.3) is 99.3 Å². The van der Waals surface area contributed by atoms with Crippen molar-refractivity contribution in [2.24, 2.45) is 0 Å². The highest BCUT2D eigenvalue weighted by molar-refractivity contribution is 6.27. The molecule has 49 heavy (non-hydrogen) atoms. The van der Waals surface area contributed by atoms with Gasteiger partial charge in [0, 0.05) is 32.8 Å². The largest absolute Gasteiger partial charge is 0.456 e. The molecule has 0 atom stereocenters. The molecule has 0 saturated heterocycles. The fourth-order valence-corrected chi connectivity index (χ4v) is 7.55. The molecule has 0 aliphatic heterocycles. The summed E-state index contributed by atoms with van der Waals surface area (Å²) < 4.78 is 6.32. The van der Waals surface area contributed by atoms with Crippen LogP contribution < -0.4 is 0 Å². The molecule has 2 heterocycles. The summed E-state index contributed by atoms with van der Waals surface area (Å²) in [5.41, 5.74) is 8.95. The Hall–Kier alpha value is -6.58. The molecule has 0 bridgehead atoms. The van der Waals surface area contributed by atoms with E-state index < -0.39 is 0 Å². The van der Waals surface area contributed by atoms with Gasteiger partial charge in [0.25, 0.3) is 0 Å². The van der Waals surface area contributed by atoms with E-state index in [-0.39, 0.29) is 0 Å². The van der Waals surface area contributed by atoms with Crippen LogP contribution in [0.5, 0.6) is 0 Å². The number of furan rings is 1. The molecule has 10 rings (SSSR count). The first-order valence-corrected chi connectivity index (χ1v) is 16.6. The molecule has 3 nitrogen and oxygen atoms in total. The minimum Gasteiger partial charge on any atom is -0.456 e. The molecule has 8 aromatic carbocycles. The molecule has 228 valence electrons. The molecule has 0 aliphatic rings. The Morgan fingerprint density at radius 3 is 1.78 bits per heavy atom. The molecule has 0 aliphatic carbocycles. The van der Waals surface area contributed by atoms with Crippen LogP contribution in [0.2, 0.25) is 0 Å². The second kappa shape index (κ2) is 11.0. The van der Waals surface area contributed by atoms with Crippen molar-refractivity contribution < 1.29 is 4.42 Å². The first kappa shape index (κ1) is 27.5. The standard InChI is InChI=1S/C46H28N2O/c1-3-15-30(16-4-1)42-33-20-9-10-21-34(33)45(44-32-19-8-7-14-29(32)26-27-37(42)44)39-28-38(47-46(48-39)31-17-5-2-6-18-31)35-23-13-25-41-43(35)36-22-11-12-24-40(36)49-41/h1-28H. The second-order valence-corrected chi connectivity index (χ2v) is 12.5. The predicted molar refractivity (Wildman–Crippen MR) is 204 cm³/mol. The quantitative estimate of drug-likeness (QED) is 0.144. The van der Waals surface area contributed by atoms with Gasteiger partial charge in [-0.25, -0.2) is 9.97 Å². The highest BCUT2D eigenvalue weighted by Crippen LogP contribution is 2.47. The van der Waals surface area contributed by atoms with E-state index in [0.717, 1.165) is 55.4 Å². The minimum absolute atomic E-state index is 0.683.